The molecule has 0 radical (unpaired) electrons. The Bertz CT molecular complexity index is 690. The molecular weight excluding hydrogens is 292 g/mol. The summed E-state index contributed by atoms with van der Waals surface area (Å²) >= 11 is 1.67. The van der Waals surface area contributed by atoms with Gasteiger partial charge in [-0.2, -0.15) is 0 Å². The number of amides is 1. The fraction of sp³-hybridized carbons (Fsp3) is 0.444. The number of anilines is 1. The van der Waals surface area contributed by atoms with E-state index in [-0.39, 0.29) is 11.8 Å². The zero-order chi connectivity index (χ0) is 15.7. The summed E-state index contributed by atoms with van der Waals surface area (Å²) in [5, 5.41) is 3.20. The first-order valence-corrected chi connectivity index (χ1v) is 8.76. The van der Waals surface area contributed by atoms with Crippen LogP contribution in [0, 0.1) is 12.8 Å². The summed E-state index contributed by atoms with van der Waals surface area (Å²) < 4.78 is 0. The van der Waals surface area contributed by atoms with Gasteiger partial charge >= 0.3 is 0 Å². The van der Waals surface area contributed by atoms with E-state index in [9.17, 15) is 4.79 Å². The summed E-state index contributed by atoms with van der Waals surface area (Å²) in [6.07, 6.45) is 2.64. The molecule has 1 aromatic heterocycles. The van der Waals surface area contributed by atoms with Gasteiger partial charge in [0.2, 0.25) is 5.91 Å². The van der Waals surface area contributed by atoms with Gasteiger partial charge in [0.25, 0.3) is 0 Å². The van der Waals surface area contributed by atoms with E-state index in [2.05, 4.69) is 49.3 Å². The zero-order valence-corrected chi connectivity index (χ0v) is 14.2. The van der Waals surface area contributed by atoms with Gasteiger partial charge in [-0.25, -0.2) is 4.98 Å². The van der Waals surface area contributed by atoms with Crippen LogP contribution in [0.5, 0.6) is 0 Å². The van der Waals surface area contributed by atoms with Gasteiger partial charge in [-0.3, -0.25) is 4.79 Å². The maximum absolute atomic E-state index is 12.7. The number of carbonyl (C=O) groups is 1. The van der Waals surface area contributed by atoms with Crippen molar-refractivity contribution in [1.82, 2.24) is 4.98 Å². The molecule has 116 valence electrons. The average molecular weight is 314 g/mol. The zero-order valence-electron chi connectivity index (χ0n) is 13.3. The van der Waals surface area contributed by atoms with E-state index in [4.69, 9.17) is 0 Å². The number of nitrogens with zero attached hydrogens (tertiary/aromatic N) is 1. The van der Waals surface area contributed by atoms with E-state index in [0.717, 1.165) is 30.5 Å². The molecule has 0 fully saturated rings. The van der Waals surface area contributed by atoms with Crippen LogP contribution in [0.25, 0.3) is 0 Å². The molecule has 0 spiro atoms. The van der Waals surface area contributed by atoms with Gasteiger partial charge < -0.3 is 5.32 Å². The summed E-state index contributed by atoms with van der Waals surface area (Å²) in [5.74, 6) is 0.609. The summed E-state index contributed by atoms with van der Waals surface area (Å²) in [7, 11) is 0. The SMILES string of the molecule is Cc1cccc(C(C)C)c1NC(=O)C1CCc2ncsc2C1. The molecule has 4 heteroatoms. The third kappa shape index (κ3) is 2.93. The van der Waals surface area contributed by atoms with Crippen LogP contribution in [0.2, 0.25) is 0 Å². The van der Waals surface area contributed by atoms with Crippen LogP contribution < -0.4 is 5.32 Å². The molecular formula is C18H22N2OS. The maximum Gasteiger partial charge on any atom is 0.227 e. The van der Waals surface area contributed by atoms with Crippen LogP contribution in [0.3, 0.4) is 0 Å². The van der Waals surface area contributed by atoms with Gasteiger partial charge in [0.1, 0.15) is 0 Å². The molecule has 1 unspecified atom stereocenters. The number of rotatable bonds is 3. The van der Waals surface area contributed by atoms with Crippen molar-refractivity contribution in [2.45, 2.75) is 46.0 Å². The smallest absolute Gasteiger partial charge is 0.227 e. The molecule has 1 aromatic carbocycles. The molecule has 1 aliphatic carbocycles. The lowest BCUT2D eigenvalue weighted by Crippen LogP contribution is -2.28. The lowest BCUT2D eigenvalue weighted by Gasteiger charge is -2.23. The van der Waals surface area contributed by atoms with E-state index < -0.39 is 0 Å². The minimum atomic E-state index is 0.0626. The van der Waals surface area contributed by atoms with Crippen molar-refractivity contribution < 1.29 is 4.79 Å². The highest BCUT2D eigenvalue weighted by molar-refractivity contribution is 7.09. The van der Waals surface area contributed by atoms with E-state index in [1.807, 2.05) is 5.51 Å². The first-order chi connectivity index (χ1) is 10.6. The van der Waals surface area contributed by atoms with Gasteiger partial charge in [-0.05, 0) is 43.2 Å². The summed E-state index contributed by atoms with van der Waals surface area (Å²) in [6.45, 7) is 6.38. The number of carbonyl (C=O) groups excluding carboxylic acids is 1. The van der Waals surface area contributed by atoms with Crippen molar-refractivity contribution in [1.29, 1.82) is 0 Å². The molecule has 2 aromatic rings. The Morgan fingerprint density at radius 2 is 2.23 bits per heavy atom. The van der Waals surface area contributed by atoms with Gasteiger partial charge in [0.05, 0.1) is 11.2 Å². The minimum Gasteiger partial charge on any atom is -0.325 e. The van der Waals surface area contributed by atoms with Crippen molar-refractivity contribution in [2.75, 3.05) is 5.32 Å². The van der Waals surface area contributed by atoms with Gasteiger partial charge in [0.15, 0.2) is 0 Å². The Morgan fingerprint density at radius 1 is 1.41 bits per heavy atom. The monoisotopic (exact) mass is 314 g/mol. The lowest BCUT2D eigenvalue weighted by atomic mass is 9.90. The molecule has 0 saturated carbocycles. The van der Waals surface area contributed by atoms with Crippen LogP contribution in [-0.2, 0) is 17.6 Å². The van der Waals surface area contributed by atoms with Crippen molar-refractivity contribution in [3.63, 3.8) is 0 Å². The van der Waals surface area contributed by atoms with E-state index in [1.54, 1.807) is 11.3 Å². The Kier molecular flexibility index (Phi) is 4.30. The number of para-hydroxylation sites is 1. The first kappa shape index (κ1) is 15.2. The first-order valence-electron chi connectivity index (χ1n) is 7.88. The molecule has 22 heavy (non-hydrogen) atoms. The van der Waals surface area contributed by atoms with E-state index in [1.165, 1.54) is 16.1 Å². The Labute approximate surface area is 135 Å². The second-order valence-electron chi connectivity index (χ2n) is 6.35. The Hall–Kier alpha value is -1.68. The number of benzene rings is 1. The largest absolute Gasteiger partial charge is 0.325 e. The van der Waals surface area contributed by atoms with Crippen molar-refractivity contribution in [2.24, 2.45) is 5.92 Å². The number of hydrogen-bond acceptors (Lipinski definition) is 3. The molecule has 0 aliphatic heterocycles. The highest BCUT2D eigenvalue weighted by Crippen LogP contribution is 2.31. The minimum absolute atomic E-state index is 0.0626. The molecule has 3 nitrogen and oxygen atoms in total. The third-order valence-corrected chi connectivity index (χ3v) is 5.33. The van der Waals surface area contributed by atoms with Crippen LogP contribution in [0.1, 0.15) is 47.9 Å². The number of fused-ring (bicyclic) bond motifs is 1. The second-order valence-corrected chi connectivity index (χ2v) is 7.28. The highest BCUT2D eigenvalue weighted by atomic mass is 32.1. The third-order valence-electron chi connectivity index (χ3n) is 4.43. The average Bonchev–Trinajstić information content (AvgIpc) is 2.96. The van der Waals surface area contributed by atoms with Gasteiger partial charge in [-0.1, -0.05) is 32.0 Å². The number of hydrogen-bond donors (Lipinski definition) is 1. The molecule has 3 rings (SSSR count). The number of nitrogens with one attached hydrogen (secondary N) is 1. The maximum atomic E-state index is 12.7. The standard InChI is InChI=1S/C18H22N2OS/c1-11(2)14-6-4-5-12(3)17(14)20-18(21)13-7-8-15-16(9-13)22-10-19-15/h4-6,10-11,13H,7-9H2,1-3H3,(H,20,21). The number of thiazole rings is 1. The fourth-order valence-electron chi connectivity index (χ4n) is 3.09. The normalized spacial score (nSPS) is 17.4. The predicted molar refractivity (Wildman–Crippen MR) is 91.5 cm³/mol. The Balaban J connectivity index is 1.78. The van der Waals surface area contributed by atoms with Crippen molar-refractivity contribution in [3.05, 3.63) is 45.4 Å². The van der Waals surface area contributed by atoms with Crippen LogP contribution in [0.4, 0.5) is 5.69 Å². The molecule has 1 heterocycles. The second kappa shape index (κ2) is 6.21. The predicted octanol–water partition coefficient (Wildman–Crippen LogP) is 4.32. The summed E-state index contributed by atoms with van der Waals surface area (Å²) in [4.78, 5) is 18.4. The molecule has 0 bridgehead atoms. The van der Waals surface area contributed by atoms with E-state index in [0.29, 0.717) is 5.92 Å². The van der Waals surface area contributed by atoms with Gasteiger partial charge in [0, 0.05) is 16.5 Å². The summed E-state index contributed by atoms with van der Waals surface area (Å²) in [5.41, 5.74) is 6.42. The van der Waals surface area contributed by atoms with E-state index >= 15 is 0 Å². The highest BCUT2D eigenvalue weighted by Gasteiger charge is 2.27. The van der Waals surface area contributed by atoms with Crippen LogP contribution in [0.15, 0.2) is 23.7 Å². The molecule has 1 aliphatic rings. The molecule has 0 saturated heterocycles. The molecule has 1 N–H and O–H groups in total. The van der Waals surface area contributed by atoms with Crippen molar-refractivity contribution >= 4 is 22.9 Å². The lowest BCUT2D eigenvalue weighted by molar-refractivity contribution is -0.120. The van der Waals surface area contributed by atoms with Crippen LogP contribution in [-0.4, -0.2) is 10.9 Å². The van der Waals surface area contributed by atoms with Crippen molar-refractivity contribution in [3.8, 4) is 0 Å². The topological polar surface area (TPSA) is 42.0 Å². The number of aryl methyl sites for hydroxylation is 2. The number of aromatic nitrogens is 1. The fourth-order valence-corrected chi connectivity index (χ4v) is 3.99. The molecule has 1 atom stereocenters. The summed E-state index contributed by atoms with van der Waals surface area (Å²) in [6, 6.07) is 6.23. The quantitative estimate of drug-likeness (QED) is 0.917. The van der Waals surface area contributed by atoms with Crippen LogP contribution >= 0.6 is 11.3 Å². The van der Waals surface area contributed by atoms with Gasteiger partial charge in [-0.15, -0.1) is 11.3 Å². The molecule has 1 amide bonds. The Morgan fingerprint density at radius 3 is 3.00 bits per heavy atom.